The van der Waals surface area contributed by atoms with E-state index in [2.05, 4.69) is 15.5 Å². The van der Waals surface area contributed by atoms with Crippen molar-refractivity contribution in [3.8, 4) is 16.5 Å². The van der Waals surface area contributed by atoms with Gasteiger partial charge in [0.25, 0.3) is 11.8 Å². The van der Waals surface area contributed by atoms with Crippen LogP contribution < -0.4 is 10.1 Å². The number of hydrogen-bond donors (Lipinski definition) is 1. The summed E-state index contributed by atoms with van der Waals surface area (Å²) in [6.07, 6.45) is 2.16. The molecular formula is C17H14FN3O3S. The van der Waals surface area contributed by atoms with Crippen LogP contribution in [0.1, 0.15) is 24.7 Å². The van der Waals surface area contributed by atoms with Gasteiger partial charge in [-0.05, 0) is 48.6 Å². The van der Waals surface area contributed by atoms with Gasteiger partial charge in [0.1, 0.15) is 16.4 Å². The van der Waals surface area contributed by atoms with Gasteiger partial charge in [-0.3, -0.25) is 4.79 Å². The third-order valence-electron chi connectivity index (χ3n) is 3.68. The number of amides is 1. The standard InChI is InChI=1S/C17H14FN3O3S/c18-11-3-5-12(6-4-11)23-9-14(22)19-13-7-8-25-15(13)17-21-20-16(24-17)10-1-2-10/h3-8,10H,1-2,9H2,(H,19,22). The van der Waals surface area contributed by atoms with Gasteiger partial charge >= 0.3 is 0 Å². The fourth-order valence-corrected chi connectivity index (χ4v) is 3.03. The van der Waals surface area contributed by atoms with Crippen molar-refractivity contribution >= 4 is 22.9 Å². The normalized spacial score (nSPS) is 13.6. The molecule has 2 heterocycles. The average Bonchev–Trinajstić information content (AvgIpc) is 3.16. The van der Waals surface area contributed by atoms with Crippen molar-refractivity contribution in [2.24, 2.45) is 0 Å². The molecule has 0 saturated heterocycles. The Balaban J connectivity index is 1.39. The van der Waals surface area contributed by atoms with Gasteiger partial charge in [-0.1, -0.05) is 0 Å². The Morgan fingerprint density at radius 2 is 2.08 bits per heavy atom. The second-order valence-electron chi connectivity index (χ2n) is 5.67. The molecular weight excluding hydrogens is 345 g/mol. The molecule has 4 rings (SSSR count). The number of aromatic nitrogens is 2. The Hall–Kier alpha value is -2.74. The summed E-state index contributed by atoms with van der Waals surface area (Å²) in [6, 6.07) is 7.26. The lowest BCUT2D eigenvalue weighted by Crippen LogP contribution is -2.20. The monoisotopic (exact) mass is 359 g/mol. The Morgan fingerprint density at radius 1 is 1.28 bits per heavy atom. The number of carbonyl (C=O) groups is 1. The van der Waals surface area contributed by atoms with E-state index in [0.29, 0.717) is 29.1 Å². The number of nitrogens with one attached hydrogen (secondary N) is 1. The zero-order valence-corrected chi connectivity index (χ0v) is 13.9. The second-order valence-corrected chi connectivity index (χ2v) is 6.59. The maximum absolute atomic E-state index is 12.8. The van der Waals surface area contributed by atoms with Crippen LogP contribution in [-0.4, -0.2) is 22.7 Å². The van der Waals surface area contributed by atoms with Gasteiger partial charge < -0.3 is 14.5 Å². The third-order valence-corrected chi connectivity index (χ3v) is 4.59. The van der Waals surface area contributed by atoms with E-state index in [0.717, 1.165) is 17.7 Å². The van der Waals surface area contributed by atoms with Crippen molar-refractivity contribution < 1.29 is 18.3 Å². The summed E-state index contributed by atoms with van der Waals surface area (Å²) in [5, 5.41) is 12.7. The summed E-state index contributed by atoms with van der Waals surface area (Å²) in [4.78, 5) is 12.8. The van der Waals surface area contributed by atoms with E-state index >= 15 is 0 Å². The first-order valence-corrected chi connectivity index (χ1v) is 8.66. The maximum Gasteiger partial charge on any atom is 0.262 e. The fraction of sp³-hybridized carbons (Fsp3) is 0.235. The van der Waals surface area contributed by atoms with E-state index in [-0.39, 0.29) is 18.3 Å². The van der Waals surface area contributed by atoms with E-state index in [1.807, 2.05) is 5.38 Å². The number of halogens is 1. The van der Waals surface area contributed by atoms with Crippen LogP contribution in [0.25, 0.3) is 10.8 Å². The SMILES string of the molecule is O=C(COc1ccc(F)cc1)Nc1ccsc1-c1nnc(C2CC2)o1. The van der Waals surface area contributed by atoms with Crippen molar-refractivity contribution in [3.05, 3.63) is 47.4 Å². The van der Waals surface area contributed by atoms with Gasteiger partial charge in [0.05, 0.1) is 5.69 Å². The molecule has 1 aliphatic carbocycles. The highest BCUT2D eigenvalue weighted by atomic mass is 32.1. The molecule has 0 radical (unpaired) electrons. The number of hydrogen-bond acceptors (Lipinski definition) is 6. The quantitative estimate of drug-likeness (QED) is 0.724. The summed E-state index contributed by atoms with van der Waals surface area (Å²) in [6.45, 7) is -0.182. The fourth-order valence-electron chi connectivity index (χ4n) is 2.26. The Kier molecular flexibility index (Phi) is 4.19. The van der Waals surface area contributed by atoms with Crippen LogP contribution in [0, 0.1) is 5.82 Å². The molecule has 1 aromatic carbocycles. The van der Waals surface area contributed by atoms with Gasteiger partial charge in [-0.15, -0.1) is 21.5 Å². The second kappa shape index (κ2) is 6.64. The third kappa shape index (κ3) is 3.69. The average molecular weight is 359 g/mol. The van der Waals surface area contributed by atoms with Crippen LogP contribution in [-0.2, 0) is 4.79 Å². The molecule has 0 unspecified atom stereocenters. The van der Waals surface area contributed by atoms with Crippen LogP contribution >= 0.6 is 11.3 Å². The van der Waals surface area contributed by atoms with Crippen LogP contribution in [0.5, 0.6) is 5.75 Å². The van der Waals surface area contributed by atoms with Gasteiger partial charge in [-0.25, -0.2) is 4.39 Å². The van der Waals surface area contributed by atoms with Crippen LogP contribution in [0.2, 0.25) is 0 Å². The van der Waals surface area contributed by atoms with Crippen molar-refractivity contribution in [3.63, 3.8) is 0 Å². The molecule has 1 fully saturated rings. The number of ether oxygens (including phenoxy) is 1. The number of benzene rings is 1. The van der Waals surface area contributed by atoms with Gasteiger partial charge in [-0.2, -0.15) is 0 Å². The smallest absolute Gasteiger partial charge is 0.262 e. The Morgan fingerprint density at radius 3 is 2.84 bits per heavy atom. The Bertz CT molecular complexity index is 887. The highest BCUT2D eigenvalue weighted by Gasteiger charge is 2.30. The summed E-state index contributed by atoms with van der Waals surface area (Å²) >= 11 is 1.41. The molecule has 25 heavy (non-hydrogen) atoms. The minimum Gasteiger partial charge on any atom is -0.484 e. The van der Waals surface area contributed by atoms with Crippen LogP contribution in [0.3, 0.4) is 0 Å². The molecule has 0 atom stereocenters. The summed E-state index contributed by atoms with van der Waals surface area (Å²) < 4.78 is 23.9. The topological polar surface area (TPSA) is 77.2 Å². The van der Waals surface area contributed by atoms with Gasteiger partial charge in [0, 0.05) is 5.92 Å². The number of nitrogens with zero attached hydrogens (tertiary/aromatic N) is 2. The van der Waals surface area contributed by atoms with Crippen LogP contribution in [0.4, 0.5) is 10.1 Å². The molecule has 128 valence electrons. The number of thiophene rings is 1. The van der Waals surface area contributed by atoms with E-state index in [9.17, 15) is 9.18 Å². The van der Waals surface area contributed by atoms with E-state index < -0.39 is 0 Å². The molecule has 0 bridgehead atoms. The van der Waals surface area contributed by atoms with Crippen molar-refractivity contribution in [1.82, 2.24) is 10.2 Å². The van der Waals surface area contributed by atoms with Crippen LogP contribution in [0.15, 0.2) is 40.1 Å². The lowest BCUT2D eigenvalue weighted by atomic mass is 10.3. The molecule has 0 spiro atoms. The zero-order chi connectivity index (χ0) is 17.2. The van der Waals surface area contributed by atoms with E-state index in [4.69, 9.17) is 9.15 Å². The molecule has 1 amide bonds. The number of anilines is 1. The zero-order valence-electron chi connectivity index (χ0n) is 13.1. The molecule has 1 saturated carbocycles. The minimum atomic E-state index is -0.357. The first-order chi connectivity index (χ1) is 12.2. The van der Waals surface area contributed by atoms with Gasteiger partial charge in [0.2, 0.25) is 5.89 Å². The van der Waals surface area contributed by atoms with Crippen molar-refractivity contribution in [2.75, 3.05) is 11.9 Å². The largest absolute Gasteiger partial charge is 0.484 e. The number of rotatable bonds is 6. The lowest BCUT2D eigenvalue weighted by Gasteiger charge is -2.07. The first kappa shape index (κ1) is 15.8. The highest BCUT2D eigenvalue weighted by Crippen LogP contribution is 2.41. The molecule has 8 heteroatoms. The van der Waals surface area contributed by atoms with Crippen molar-refractivity contribution in [2.45, 2.75) is 18.8 Å². The summed E-state index contributed by atoms with van der Waals surface area (Å²) in [7, 11) is 0. The molecule has 3 aromatic rings. The highest BCUT2D eigenvalue weighted by molar-refractivity contribution is 7.14. The Labute approximate surface area is 146 Å². The predicted octanol–water partition coefficient (Wildman–Crippen LogP) is 3.83. The van der Waals surface area contributed by atoms with E-state index in [1.165, 1.54) is 35.6 Å². The molecule has 1 aliphatic rings. The predicted molar refractivity (Wildman–Crippen MR) is 90.1 cm³/mol. The van der Waals surface area contributed by atoms with E-state index in [1.54, 1.807) is 6.07 Å². The molecule has 0 aliphatic heterocycles. The first-order valence-electron chi connectivity index (χ1n) is 7.78. The minimum absolute atomic E-state index is 0.182. The summed E-state index contributed by atoms with van der Waals surface area (Å²) in [5.74, 6) is 1.18. The molecule has 6 nitrogen and oxygen atoms in total. The van der Waals surface area contributed by atoms with Gasteiger partial charge in [0.15, 0.2) is 6.61 Å². The molecule has 1 N–H and O–H groups in total. The molecule has 2 aromatic heterocycles. The lowest BCUT2D eigenvalue weighted by molar-refractivity contribution is -0.118. The maximum atomic E-state index is 12.8. The summed E-state index contributed by atoms with van der Waals surface area (Å²) in [5.41, 5.74) is 0.601. The van der Waals surface area contributed by atoms with Crippen molar-refractivity contribution in [1.29, 1.82) is 0 Å². The number of carbonyl (C=O) groups excluding carboxylic acids is 1.